The maximum Gasteiger partial charge on any atom is 0.263 e. The van der Waals surface area contributed by atoms with Crippen LogP contribution in [0.3, 0.4) is 0 Å². The van der Waals surface area contributed by atoms with E-state index in [1.165, 1.54) is 43.8 Å². The molecule has 0 saturated carbocycles. The van der Waals surface area contributed by atoms with Crippen LogP contribution in [-0.2, 0) is 14.8 Å². The SMILES string of the molecule is COc1cc(NS(=O)(=O)c2ccc(NC(=O)COc3ccc(Cl)cc3)cc2)ncn1. The summed E-state index contributed by atoms with van der Waals surface area (Å²) in [5, 5.41) is 3.19. The Balaban J connectivity index is 1.59. The number of amides is 1. The minimum atomic E-state index is -3.88. The van der Waals surface area contributed by atoms with Crippen molar-refractivity contribution in [2.24, 2.45) is 0 Å². The van der Waals surface area contributed by atoms with E-state index in [4.69, 9.17) is 21.1 Å². The van der Waals surface area contributed by atoms with Crippen LogP contribution in [0.1, 0.15) is 0 Å². The molecule has 1 aromatic heterocycles. The lowest BCUT2D eigenvalue weighted by atomic mass is 10.3. The van der Waals surface area contributed by atoms with Crippen molar-refractivity contribution in [2.45, 2.75) is 4.90 Å². The number of nitrogens with zero attached hydrogens (tertiary/aromatic N) is 2. The van der Waals surface area contributed by atoms with Gasteiger partial charge in [-0.2, -0.15) is 0 Å². The largest absolute Gasteiger partial charge is 0.484 e. The lowest BCUT2D eigenvalue weighted by Crippen LogP contribution is -2.20. The first-order chi connectivity index (χ1) is 14.4. The standard InChI is InChI=1S/C19H17ClN4O5S/c1-28-19-10-17(21-12-22-19)24-30(26,27)16-8-4-14(5-9-16)23-18(25)11-29-15-6-2-13(20)3-7-15/h2-10,12H,11H2,1H3,(H,23,25)(H,21,22,24). The highest BCUT2D eigenvalue weighted by atomic mass is 35.5. The Kier molecular flexibility index (Phi) is 6.70. The third kappa shape index (κ3) is 5.82. The molecule has 11 heteroatoms. The fourth-order valence-electron chi connectivity index (χ4n) is 2.30. The number of hydrogen-bond acceptors (Lipinski definition) is 7. The molecule has 1 amide bonds. The van der Waals surface area contributed by atoms with Gasteiger partial charge in [0, 0.05) is 16.8 Å². The van der Waals surface area contributed by atoms with Gasteiger partial charge < -0.3 is 14.8 Å². The Morgan fingerprint density at radius 1 is 1.07 bits per heavy atom. The van der Waals surface area contributed by atoms with Gasteiger partial charge in [-0.05, 0) is 48.5 Å². The minimum Gasteiger partial charge on any atom is -0.484 e. The van der Waals surface area contributed by atoms with E-state index in [-0.39, 0.29) is 23.2 Å². The molecule has 0 fully saturated rings. The van der Waals surface area contributed by atoms with Crippen molar-refractivity contribution in [1.82, 2.24) is 9.97 Å². The van der Waals surface area contributed by atoms with Gasteiger partial charge in [0.2, 0.25) is 5.88 Å². The molecule has 0 radical (unpaired) electrons. The number of halogens is 1. The molecule has 9 nitrogen and oxygen atoms in total. The maximum absolute atomic E-state index is 12.5. The Bertz CT molecular complexity index is 1120. The highest BCUT2D eigenvalue weighted by molar-refractivity contribution is 7.92. The van der Waals surface area contributed by atoms with Crippen LogP contribution in [-0.4, -0.2) is 38.0 Å². The Morgan fingerprint density at radius 2 is 1.77 bits per heavy atom. The van der Waals surface area contributed by atoms with Crippen LogP contribution in [0.2, 0.25) is 5.02 Å². The molecule has 3 rings (SSSR count). The summed E-state index contributed by atoms with van der Waals surface area (Å²) >= 11 is 5.79. The summed E-state index contributed by atoms with van der Waals surface area (Å²) in [6.45, 7) is -0.210. The second kappa shape index (κ2) is 9.42. The molecule has 2 aromatic carbocycles. The molecule has 2 N–H and O–H groups in total. The first-order valence-corrected chi connectivity index (χ1v) is 10.4. The van der Waals surface area contributed by atoms with Crippen molar-refractivity contribution in [1.29, 1.82) is 0 Å². The molecule has 3 aromatic rings. The summed E-state index contributed by atoms with van der Waals surface area (Å²) in [5.74, 6) is 0.398. The van der Waals surface area contributed by atoms with E-state index in [0.717, 1.165) is 0 Å². The minimum absolute atomic E-state index is 0.00417. The van der Waals surface area contributed by atoms with E-state index >= 15 is 0 Å². The van der Waals surface area contributed by atoms with Crippen LogP contribution in [0, 0.1) is 0 Å². The van der Waals surface area contributed by atoms with Crippen molar-refractivity contribution in [3.05, 3.63) is 65.9 Å². The highest BCUT2D eigenvalue weighted by Gasteiger charge is 2.16. The number of carbonyl (C=O) groups is 1. The molecular formula is C19H17ClN4O5S. The molecule has 0 unspecified atom stereocenters. The fourth-order valence-corrected chi connectivity index (χ4v) is 3.42. The van der Waals surface area contributed by atoms with E-state index in [9.17, 15) is 13.2 Å². The summed E-state index contributed by atoms with van der Waals surface area (Å²) in [5.41, 5.74) is 0.419. The molecule has 0 aliphatic rings. The van der Waals surface area contributed by atoms with Gasteiger partial charge >= 0.3 is 0 Å². The number of nitrogens with one attached hydrogen (secondary N) is 2. The van der Waals surface area contributed by atoms with E-state index in [2.05, 4.69) is 20.0 Å². The Labute approximate surface area is 178 Å². The molecule has 0 aliphatic heterocycles. The smallest absolute Gasteiger partial charge is 0.263 e. The summed E-state index contributed by atoms with van der Waals surface area (Å²) in [6.07, 6.45) is 1.18. The molecule has 0 spiro atoms. The summed E-state index contributed by atoms with van der Waals surface area (Å²) in [4.78, 5) is 19.7. The van der Waals surface area contributed by atoms with Crippen LogP contribution in [0.5, 0.6) is 11.6 Å². The Hall–Kier alpha value is -3.37. The molecule has 156 valence electrons. The molecule has 0 bridgehead atoms. The third-order valence-corrected chi connectivity index (χ3v) is 5.34. The molecule has 0 aliphatic carbocycles. The van der Waals surface area contributed by atoms with E-state index in [1.54, 1.807) is 24.3 Å². The van der Waals surface area contributed by atoms with E-state index < -0.39 is 15.9 Å². The summed E-state index contributed by atoms with van der Waals surface area (Å²) in [7, 11) is -2.47. The van der Waals surface area contributed by atoms with Gasteiger partial charge in [-0.25, -0.2) is 18.4 Å². The zero-order chi connectivity index (χ0) is 21.6. The number of carbonyl (C=O) groups excluding carboxylic acids is 1. The van der Waals surface area contributed by atoms with Crippen molar-refractivity contribution < 1.29 is 22.7 Å². The van der Waals surface area contributed by atoms with Crippen molar-refractivity contribution in [2.75, 3.05) is 23.8 Å². The fraction of sp³-hybridized carbons (Fsp3) is 0.105. The first-order valence-electron chi connectivity index (χ1n) is 8.53. The third-order valence-electron chi connectivity index (χ3n) is 3.72. The Morgan fingerprint density at radius 3 is 2.43 bits per heavy atom. The summed E-state index contributed by atoms with van der Waals surface area (Å²) < 4.78 is 37.6. The maximum atomic E-state index is 12.5. The van der Waals surface area contributed by atoms with Crippen LogP contribution in [0.4, 0.5) is 11.5 Å². The molecule has 0 atom stereocenters. The first kappa shape index (κ1) is 21.3. The van der Waals surface area contributed by atoms with Gasteiger partial charge in [0.15, 0.2) is 6.61 Å². The second-order valence-electron chi connectivity index (χ2n) is 5.87. The van der Waals surface area contributed by atoms with Crippen LogP contribution in [0.15, 0.2) is 65.8 Å². The normalized spacial score (nSPS) is 10.9. The second-order valence-corrected chi connectivity index (χ2v) is 7.99. The predicted octanol–water partition coefficient (Wildman–Crippen LogP) is 2.96. The molecular weight excluding hydrogens is 432 g/mol. The molecule has 1 heterocycles. The lowest BCUT2D eigenvalue weighted by molar-refractivity contribution is -0.118. The van der Waals surface area contributed by atoms with E-state index in [1.807, 2.05) is 0 Å². The number of benzene rings is 2. The zero-order valence-electron chi connectivity index (χ0n) is 15.7. The predicted molar refractivity (Wildman–Crippen MR) is 111 cm³/mol. The van der Waals surface area contributed by atoms with Crippen molar-refractivity contribution >= 4 is 39.0 Å². The van der Waals surface area contributed by atoms with Crippen LogP contribution < -0.4 is 19.5 Å². The number of methoxy groups -OCH3 is 1. The average molecular weight is 449 g/mol. The number of sulfonamides is 1. The highest BCUT2D eigenvalue weighted by Crippen LogP contribution is 2.19. The van der Waals surface area contributed by atoms with Gasteiger partial charge in [-0.1, -0.05) is 11.6 Å². The van der Waals surface area contributed by atoms with E-state index in [0.29, 0.717) is 16.5 Å². The van der Waals surface area contributed by atoms with Gasteiger partial charge in [0.25, 0.3) is 15.9 Å². The number of rotatable bonds is 8. The number of anilines is 2. The van der Waals surface area contributed by atoms with Crippen LogP contribution in [0.25, 0.3) is 0 Å². The zero-order valence-corrected chi connectivity index (χ0v) is 17.3. The number of aromatic nitrogens is 2. The monoisotopic (exact) mass is 448 g/mol. The molecule has 0 saturated heterocycles. The van der Waals surface area contributed by atoms with Gasteiger partial charge in [-0.3, -0.25) is 9.52 Å². The van der Waals surface area contributed by atoms with Crippen molar-refractivity contribution in [3.8, 4) is 11.6 Å². The summed E-state index contributed by atoms with van der Waals surface area (Å²) in [6, 6.07) is 13.6. The van der Waals surface area contributed by atoms with Crippen molar-refractivity contribution in [3.63, 3.8) is 0 Å². The lowest BCUT2D eigenvalue weighted by Gasteiger charge is -2.10. The topological polar surface area (TPSA) is 120 Å². The molecule has 30 heavy (non-hydrogen) atoms. The van der Waals surface area contributed by atoms with Gasteiger partial charge in [-0.15, -0.1) is 0 Å². The van der Waals surface area contributed by atoms with Gasteiger partial charge in [0.1, 0.15) is 17.9 Å². The number of ether oxygens (including phenoxy) is 2. The average Bonchev–Trinajstić information content (AvgIpc) is 2.73. The van der Waals surface area contributed by atoms with Crippen LogP contribution >= 0.6 is 11.6 Å². The quantitative estimate of drug-likeness (QED) is 0.543. The number of hydrogen-bond donors (Lipinski definition) is 2. The van der Waals surface area contributed by atoms with Gasteiger partial charge in [0.05, 0.1) is 12.0 Å².